The van der Waals surface area contributed by atoms with Gasteiger partial charge < -0.3 is 0 Å². The Kier molecular flexibility index (Phi) is 5.25. The van der Waals surface area contributed by atoms with Crippen LogP contribution < -0.4 is 16.5 Å². The van der Waals surface area contributed by atoms with Crippen LogP contribution in [-0.2, 0) is 18.6 Å². The van der Waals surface area contributed by atoms with Crippen molar-refractivity contribution in [3.63, 3.8) is 0 Å². The molecule has 0 unspecified atom stereocenters. The number of rotatable bonds is 5. The van der Waals surface area contributed by atoms with Crippen molar-refractivity contribution in [2.24, 2.45) is 0 Å². The summed E-state index contributed by atoms with van der Waals surface area (Å²) in [6.07, 6.45) is -1.48. The molecule has 1 aromatic heterocycles. The van der Waals surface area contributed by atoms with Crippen LogP contribution in [0.25, 0.3) is 0 Å². The molecule has 12 nitrogen and oxygen atoms in total. The standard InChI is InChI=1S/C14H23N4O8P/c1-3-7(11(19)20)17-27(23)24-6-8-10(26-27)14(2,22)12(25-8)18-5-4-9(15)16-13(18)21/h4-5,7-8,10,12,17,22-23,27H,3,6H2,1-2H3,(H,19,20)(H2,15,16,21)/t7-,8+,10+,12+,14+/m0/s1. The van der Waals surface area contributed by atoms with Gasteiger partial charge in [-0.2, -0.15) is 0 Å². The summed E-state index contributed by atoms with van der Waals surface area (Å²) in [6, 6.07) is 0.302. The van der Waals surface area contributed by atoms with Crippen LogP contribution in [0.4, 0.5) is 5.82 Å². The predicted molar refractivity (Wildman–Crippen MR) is 93.7 cm³/mol. The molecule has 0 bridgehead atoms. The number of nitrogen functional groups attached to an aromatic ring is 1. The number of nitrogens with two attached hydrogens (primary N) is 1. The van der Waals surface area contributed by atoms with Gasteiger partial charge in [0.1, 0.15) is 0 Å². The number of anilines is 1. The average Bonchev–Trinajstić information content (AvgIpc) is 2.83. The second kappa shape index (κ2) is 7.06. The summed E-state index contributed by atoms with van der Waals surface area (Å²) in [5.41, 5.74) is 3.02. The van der Waals surface area contributed by atoms with Crippen LogP contribution in [0.15, 0.2) is 17.1 Å². The zero-order valence-corrected chi connectivity index (χ0v) is 15.7. The monoisotopic (exact) mass is 406 g/mol. The summed E-state index contributed by atoms with van der Waals surface area (Å²) in [5, 5.41) is 22.6. The second-order valence-corrected chi connectivity index (χ2v) is 8.65. The van der Waals surface area contributed by atoms with Crippen molar-refractivity contribution in [3.8, 4) is 0 Å². The number of ether oxygens (including phenoxy) is 1. The summed E-state index contributed by atoms with van der Waals surface area (Å²) in [5.74, 6) is -1.14. The van der Waals surface area contributed by atoms with Gasteiger partial charge >= 0.3 is 154 Å². The Bertz CT molecular complexity index is 789. The molecule has 0 saturated carbocycles. The number of aromatic nitrogens is 2. The van der Waals surface area contributed by atoms with Crippen molar-refractivity contribution in [1.82, 2.24) is 14.6 Å². The molecule has 2 aliphatic heterocycles. The van der Waals surface area contributed by atoms with E-state index in [0.29, 0.717) is 0 Å². The Balaban J connectivity index is 1.84. The maximum atomic E-state index is 12.1. The number of carboxylic acid groups (broad SMARTS) is 1. The number of fused-ring (bicyclic) bond motifs is 1. The molecule has 2 saturated heterocycles. The van der Waals surface area contributed by atoms with E-state index in [1.165, 1.54) is 19.2 Å². The summed E-state index contributed by atoms with van der Waals surface area (Å²) in [6.45, 7) is 2.86. The number of aliphatic hydroxyl groups is 1. The topological polar surface area (TPSA) is 178 Å². The van der Waals surface area contributed by atoms with Crippen LogP contribution in [0.1, 0.15) is 26.5 Å². The van der Waals surface area contributed by atoms with Gasteiger partial charge in [-0.05, 0) is 0 Å². The Morgan fingerprint density at radius 2 is 2.33 bits per heavy atom. The third kappa shape index (κ3) is 3.69. The Hall–Kier alpha value is -1.66. The van der Waals surface area contributed by atoms with Crippen LogP contribution in [0.3, 0.4) is 0 Å². The Labute approximate surface area is 154 Å². The van der Waals surface area contributed by atoms with Gasteiger partial charge in [0, 0.05) is 0 Å². The second-order valence-electron chi connectivity index (χ2n) is 6.67. The number of hydrogen-bond acceptors (Lipinski definition) is 10. The van der Waals surface area contributed by atoms with Crippen LogP contribution in [0.2, 0.25) is 0 Å². The van der Waals surface area contributed by atoms with Gasteiger partial charge in [-0.3, -0.25) is 0 Å². The van der Waals surface area contributed by atoms with E-state index in [2.05, 4.69) is 10.1 Å². The van der Waals surface area contributed by atoms with E-state index in [0.717, 1.165) is 4.57 Å². The molecule has 0 radical (unpaired) electrons. The number of aliphatic carboxylic acids is 1. The van der Waals surface area contributed by atoms with E-state index >= 15 is 0 Å². The first-order valence-corrected chi connectivity index (χ1v) is 10.1. The SMILES string of the molecule is CC[C@H](N[PH]1(O)OC[C@H]2O[C@@H](n3ccc(N)nc3=O)[C@](C)(O)[C@@H]2O1)C(=O)O. The van der Waals surface area contributed by atoms with Crippen LogP contribution in [-0.4, -0.2) is 61.1 Å². The van der Waals surface area contributed by atoms with Gasteiger partial charge in [0.15, 0.2) is 0 Å². The third-order valence-corrected chi connectivity index (χ3v) is 6.46. The minimum atomic E-state index is -4.11. The maximum absolute atomic E-state index is 12.1. The fraction of sp³-hybridized carbons (Fsp3) is 0.643. The van der Waals surface area contributed by atoms with E-state index in [1.54, 1.807) is 6.92 Å². The molecule has 0 spiro atoms. The van der Waals surface area contributed by atoms with Gasteiger partial charge in [-0.1, -0.05) is 0 Å². The Morgan fingerprint density at radius 3 is 2.93 bits per heavy atom. The van der Waals surface area contributed by atoms with E-state index in [-0.39, 0.29) is 18.8 Å². The van der Waals surface area contributed by atoms with Crippen molar-refractivity contribution >= 4 is 19.9 Å². The molecule has 3 rings (SSSR count). The first-order chi connectivity index (χ1) is 12.6. The molecule has 6 N–H and O–H groups in total. The van der Waals surface area contributed by atoms with Crippen LogP contribution >= 0.6 is 8.09 Å². The quantitative estimate of drug-likeness (QED) is 0.369. The molecular formula is C14H23N4O8P. The normalized spacial score (nSPS) is 34.6. The van der Waals surface area contributed by atoms with E-state index < -0.39 is 49.8 Å². The Morgan fingerprint density at radius 1 is 1.63 bits per heavy atom. The summed E-state index contributed by atoms with van der Waals surface area (Å²) >= 11 is 0. The van der Waals surface area contributed by atoms with Gasteiger partial charge in [0.2, 0.25) is 0 Å². The fourth-order valence-electron chi connectivity index (χ4n) is 3.20. The zero-order chi connectivity index (χ0) is 20.0. The van der Waals surface area contributed by atoms with Gasteiger partial charge in [0.05, 0.1) is 0 Å². The fourth-order valence-corrected chi connectivity index (χ4v) is 5.31. The minimum absolute atomic E-state index is 0.0242. The molecule has 5 atom stereocenters. The number of carbonyl (C=O) groups is 1. The molecule has 1 aromatic rings. The van der Waals surface area contributed by atoms with E-state index in [9.17, 15) is 19.6 Å². The molecule has 0 amide bonds. The van der Waals surface area contributed by atoms with E-state index in [1.807, 2.05) is 0 Å². The molecule has 2 fully saturated rings. The summed E-state index contributed by atoms with van der Waals surface area (Å²) in [4.78, 5) is 37.5. The van der Waals surface area contributed by atoms with Crippen LogP contribution in [0, 0.1) is 0 Å². The molecule has 3 heterocycles. The summed E-state index contributed by atoms with van der Waals surface area (Å²) in [7, 11) is -4.11. The zero-order valence-electron chi connectivity index (χ0n) is 14.7. The van der Waals surface area contributed by atoms with Crippen molar-refractivity contribution in [1.29, 1.82) is 0 Å². The molecule has 27 heavy (non-hydrogen) atoms. The van der Waals surface area contributed by atoms with Gasteiger partial charge in [-0.15, -0.1) is 0 Å². The van der Waals surface area contributed by atoms with Crippen molar-refractivity contribution in [2.75, 3.05) is 12.3 Å². The summed E-state index contributed by atoms with van der Waals surface area (Å²) < 4.78 is 17.7. The molecular weight excluding hydrogens is 383 g/mol. The number of nitrogens with one attached hydrogen (secondary N) is 1. The van der Waals surface area contributed by atoms with Crippen molar-refractivity contribution in [2.45, 2.75) is 50.3 Å². The predicted octanol–water partition coefficient (Wildman–Crippen LogP) is -1.26. The molecule has 13 heteroatoms. The first kappa shape index (κ1) is 20.1. The molecule has 2 aliphatic rings. The van der Waals surface area contributed by atoms with Gasteiger partial charge in [0.25, 0.3) is 0 Å². The molecule has 0 aromatic carbocycles. The third-order valence-electron chi connectivity index (χ3n) is 4.61. The number of carboxylic acids is 1. The van der Waals surface area contributed by atoms with Crippen molar-refractivity contribution < 1.29 is 33.7 Å². The first-order valence-electron chi connectivity index (χ1n) is 8.34. The van der Waals surface area contributed by atoms with Gasteiger partial charge in [-0.25, -0.2) is 0 Å². The van der Waals surface area contributed by atoms with Crippen molar-refractivity contribution in [3.05, 3.63) is 22.7 Å². The van der Waals surface area contributed by atoms with E-state index in [4.69, 9.17) is 24.6 Å². The molecule has 152 valence electrons. The number of hydrogen-bond donors (Lipinski definition) is 5. The molecule has 0 aliphatic carbocycles. The number of nitrogens with zero attached hydrogens (tertiary/aromatic N) is 2. The van der Waals surface area contributed by atoms with Crippen LogP contribution in [0.5, 0.6) is 0 Å². The average molecular weight is 406 g/mol.